The van der Waals surface area contributed by atoms with Gasteiger partial charge in [-0.1, -0.05) is 13.8 Å². The lowest BCUT2D eigenvalue weighted by Crippen LogP contribution is -2.23. The highest BCUT2D eigenvalue weighted by molar-refractivity contribution is 6.13. The Labute approximate surface area is 83.1 Å². The molecule has 0 saturated carbocycles. The highest BCUT2D eigenvalue weighted by Crippen LogP contribution is 2.50. The van der Waals surface area contributed by atoms with E-state index in [0.717, 1.165) is 19.3 Å². The van der Waals surface area contributed by atoms with E-state index in [1.54, 1.807) is 0 Å². The molecule has 14 heavy (non-hydrogen) atoms. The average molecular weight is 194 g/mol. The van der Waals surface area contributed by atoms with E-state index in [9.17, 15) is 9.59 Å². The summed E-state index contributed by atoms with van der Waals surface area (Å²) in [4.78, 5) is 22.8. The van der Waals surface area contributed by atoms with E-state index in [-0.39, 0.29) is 5.41 Å². The van der Waals surface area contributed by atoms with Crippen LogP contribution < -0.4 is 0 Å². The molecule has 0 aromatic rings. The summed E-state index contributed by atoms with van der Waals surface area (Å²) in [6.45, 7) is 4.13. The number of ether oxygens (including phenoxy) is 1. The van der Waals surface area contributed by atoms with Gasteiger partial charge >= 0.3 is 11.9 Å². The van der Waals surface area contributed by atoms with Gasteiger partial charge in [0.25, 0.3) is 0 Å². The van der Waals surface area contributed by atoms with Crippen LogP contribution in [0.5, 0.6) is 0 Å². The van der Waals surface area contributed by atoms with Gasteiger partial charge in [-0.3, -0.25) is 0 Å². The van der Waals surface area contributed by atoms with E-state index in [2.05, 4.69) is 18.6 Å². The molecule has 0 spiro atoms. The molecule has 1 aliphatic carbocycles. The van der Waals surface area contributed by atoms with E-state index < -0.39 is 11.9 Å². The molecule has 3 nitrogen and oxygen atoms in total. The monoisotopic (exact) mass is 194 g/mol. The second kappa shape index (κ2) is 2.94. The molecule has 0 radical (unpaired) electrons. The van der Waals surface area contributed by atoms with Crippen molar-refractivity contribution in [1.29, 1.82) is 0 Å². The van der Waals surface area contributed by atoms with Crippen LogP contribution >= 0.6 is 0 Å². The summed E-state index contributed by atoms with van der Waals surface area (Å²) in [6.07, 6.45) is 3.45. The zero-order valence-corrected chi connectivity index (χ0v) is 8.55. The topological polar surface area (TPSA) is 43.4 Å². The normalized spacial score (nSPS) is 24.1. The summed E-state index contributed by atoms with van der Waals surface area (Å²) >= 11 is 0. The highest BCUT2D eigenvalue weighted by atomic mass is 16.6. The molecule has 0 saturated heterocycles. The molecule has 0 amide bonds. The largest absolute Gasteiger partial charge is 0.386 e. The van der Waals surface area contributed by atoms with Crippen LogP contribution in [0, 0.1) is 5.41 Å². The minimum absolute atomic E-state index is 0.0847. The van der Waals surface area contributed by atoms with Gasteiger partial charge in [-0.25, -0.2) is 9.59 Å². The van der Waals surface area contributed by atoms with Gasteiger partial charge in [0.15, 0.2) is 0 Å². The van der Waals surface area contributed by atoms with Crippen LogP contribution in [0.25, 0.3) is 0 Å². The molecule has 76 valence electrons. The van der Waals surface area contributed by atoms with Crippen molar-refractivity contribution in [3.63, 3.8) is 0 Å². The van der Waals surface area contributed by atoms with Crippen LogP contribution in [0.15, 0.2) is 11.1 Å². The maximum atomic E-state index is 11.5. The second-order valence-electron chi connectivity index (χ2n) is 4.02. The predicted octanol–water partition coefficient (Wildman–Crippen LogP) is 1.97. The van der Waals surface area contributed by atoms with Gasteiger partial charge in [-0.2, -0.15) is 0 Å². The third kappa shape index (κ3) is 0.982. The molecule has 1 heterocycles. The first-order valence-electron chi connectivity index (χ1n) is 5.14. The van der Waals surface area contributed by atoms with Crippen LogP contribution in [-0.2, 0) is 14.3 Å². The SMILES string of the molecule is CCC1(CC)CCC2=C1C(=O)OC2=O. The molecule has 0 aromatic heterocycles. The first-order valence-corrected chi connectivity index (χ1v) is 5.14. The number of esters is 2. The molecule has 2 rings (SSSR count). The summed E-state index contributed by atoms with van der Waals surface area (Å²) < 4.78 is 4.64. The molecule has 0 bridgehead atoms. The van der Waals surface area contributed by atoms with Crippen LogP contribution in [0.2, 0.25) is 0 Å². The van der Waals surface area contributed by atoms with Crippen molar-refractivity contribution < 1.29 is 14.3 Å². The Kier molecular flexibility index (Phi) is 1.98. The Balaban J connectivity index is 2.47. The van der Waals surface area contributed by atoms with Crippen molar-refractivity contribution in [3.05, 3.63) is 11.1 Å². The first kappa shape index (κ1) is 9.44. The van der Waals surface area contributed by atoms with E-state index in [4.69, 9.17) is 0 Å². The molecule has 0 N–H and O–H groups in total. The molecule has 0 aromatic carbocycles. The Morgan fingerprint density at radius 3 is 2.43 bits per heavy atom. The number of hydrogen-bond donors (Lipinski definition) is 0. The van der Waals surface area contributed by atoms with Crippen molar-refractivity contribution in [3.8, 4) is 0 Å². The second-order valence-corrected chi connectivity index (χ2v) is 4.02. The maximum absolute atomic E-state index is 11.5. The van der Waals surface area contributed by atoms with Crippen molar-refractivity contribution in [1.82, 2.24) is 0 Å². The fourth-order valence-corrected chi connectivity index (χ4v) is 2.63. The highest BCUT2D eigenvalue weighted by Gasteiger charge is 2.49. The van der Waals surface area contributed by atoms with Crippen molar-refractivity contribution in [2.75, 3.05) is 0 Å². The smallest absolute Gasteiger partial charge is 0.343 e. The standard InChI is InChI=1S/C11H14O3/c1-3-11(4-2)6-5-7-8(11)10(13)14-9(7)12/h3-6H2,1-2H3. The summed E-state index contributed by atoms with van der Waals surface area (Å²) in [7, 11) is 0. The molecular formula is C11H14O3. The van der Waals surface area contributed by atoms with E-state index in [0.29, 0.717) is 17.6 Å². The minimum Gasteiger partial charge on any atom is -0.386 e. The Bertz CT molecular complexity index is 334. The molecule has 3 heteroatoms. The van der Waals surface area contributed by atoms with Crippen molar-refractivity contribution in [2.24, 2.45) is 5.41 Å². The molecule has 1 aliphatic heterocycles. The molecular weight excluding hydrogens is 180 g/mol. The Hall–Kier alpha value is -1.12. The van der Waals surface area contributed by atoms with Gasteiger partial charge in [-0.15, -0.1) is 0 Å². The van der Waals surface area contributed by atoms with Gasteiger partial charge in [-0.05, 0) is 25.7 Å². The fraction of sp³-hybridized carbons (Fsp3) is 0.636. The fourth-order valence-electron chi connectivity index (χ4n) is 2.63. The quantitative estimate of drug-likeness (QED) is 0.498. The third-order valence-corrected chi connectivity index (χ3v) is 3.68. The van der Waals surface area contributed by atoms with E-state index in [1.165, 1.54) is 0 Å². The zero-order valence-electron chi connectivity index (χ0n) is 8.55. The summed E-state index contributed by atoms with van der Waals surface area (Å²) in [5, 5.41) is 0. The summed E-state index contributed by atoms with van der Waals surface area (Å²) in [5.74, 6) is -0.806. The van der Waals surface area contributed by atoms with Crippen LogP contribution in [0.1, 0.15) is 39.5 Å². The lowest BCUT2D eigenvalue weighted by atomic mass is 9.76. The van der Waals surface area contributed by atoms with Crippen molar-refractivity contribution >= 4 is 11.9 Å². The maximum Gasteiger partial charge on any atom is 0.343 e. The Morgan fingerprint density at radius 2 is 1.86 bits per heavy atom. The minimum atomic E-state index is -0.409. The van der Waals surface area contributed by atoms with E-state index >= 15 is 0 Å². The lowest BCUT2D eigenvalue weighted by molar-refractivity contribution is -0.152. The number of hydrogen-bond acceptors (Lipinski definition) is 3. The molecule has 0 unspecified atom stereocenters. The molecule has 0 fully saturated rings. The molecule has 2 aliphatic rings. The Morgan fingerprint density at radius 1 is 1.21 bits per heavy atom. The van der Waals surface area contributed by atoms with Crippen molar-refractivity contribution in [2.45, 2.75) is 39.5 Å². The van der Waals surface area contributed by atoms with Crippen LogP contribution in [-0.4, -0.2) is 11.9 Å². The van der Waals surface area contributed by atoms with E-state index in [1.807, 2.05) is 0 Å². The van der Waals surface area contributed by atoms with Gasteiger partial charge < -0.3 is 4.74 Å². The summed E-state index contributed by atoms with van der Waals surface area (Å²) in [5.41, 5.74) is 1.23. The third-order valence-electron chi connectivity index (χ3n) is 3.68. The summed E-state index contributed by atoms with van der Waals surface area (Å²) in [6, 6.07) is 0. The molecule has 0 atom stereocenters. The first-order chi connectivity index (χ1) is 6.64. The number of carbonyl (C=O) groups is 2. The number of rotatable bonds is 2. The van der Waals surface area contributed by atoms with Crippen LogP contribution in [0.3, 0.4) is 0 Å². The van der Waals surface area contributed by atoms with Gasteiger partial charge in [0, 0.05) is 11.0 Å². The number of carbonyl (C=O) groups excluding carboxylic acids is 2. The van der Waals surface area contributed by atoms with Gasteiger partial charge in [0.2, 0.25) is 0 Å². The van der Waals surface area contributed by atoms with Gasteiger partial charge in [0.05, 0.1) is 5.57 Å². The van der Waals surface area contributed by atoms with Crippen LogP contribution in [0.4, 0.5) is 0 Å². The lowest BCUT2D eigenvalue weighted by Gasteiger charge is -2.27. The zero-order chi connectivity index (χ0) is 10.3. The number of cyclic esters (lactones) is 2. The van der Waals surface area contributed by atoms with Gasteiger partial charge in [0.1, 0.15) is 0 Å². The predicted molar refractivity (Wildman–Crippen MR) is 50.4 cm³/mol. The average Bonchev–Trinajstić information content (AvgIpc) is 2.68.